The van der Waals surface area contributed by atoms with Gasteiger partial charge in [0.2, 0.25) is 0 Å². The SMILES string of the molecule is CCOC(=O)C1CCCN(C(=O)N2CCCC(C)C2)C1. The van der Waals surface area contributed by atoms with E-state index in [-0.39, 0.29) is 17.9 Å². The Bertz CT molecular complexity index is 359. The molecule has 2 unspecified atom stereocenters. The lowest BCUT2D eigenvalue weighted by Crippen LogP contribution is -2.51. The van der Waals surface area contributed by atoms with E-state index in [1.807, 2.05) is 16.7 Å². The van der Waals surface area contributed by atoms with E-state index in [1.54, 1.807) is 0 Å². The molecule has 2 amide bonds. The number of nitrogens with zero attached hydrogens (tertiary/aromatic N) is 2. The molecule has 0 spiro atoms. The van der Waals surface area contributed by atoms with Crippen LogP contribution in [0.25, 0.3) is 0 Å². The maximum atomic E-state index is 12.5. The molecule has 2 aliphatic heterocycles. The van der Waals surface area contributed by atoms with Crippen LogP contribution < -0.4 is 0 Å². The second kappa shape index (κ2) is 6.95. The highest BCUT2D eigenvalue weighted by Crippen LogP contribution is 2.22. The molecule has 2 atom stereocenters. The number of rotatable bonds is 2. The minimum atomic E-state index is -0.156. The van der Waals surface area contributed by atoms with Gasteiger partial charge in [-0.1, -0.05) is 6.92 Å². The van der Waals surface area contributed by atoms with Gasteiger partial charge < -0.3 is 14.5 Å². The first kappa shape index (κ1) is 15.1. The highest BCUT2D eigenvalue weighted by molar-refractivity contribution is 5.77. The van der Waals surface area contributed by atoms with Crippen LogP contribution in [0.1, 0.15) is 39.5 Å². The summed E-state index contributed by atoms with van der Waals surface area (Å²) in [6.45, 7) is 7.40. The van der Waals surface area contributed by atoms with Crippen LogP contribution in [0.5, 0.6) is 0 Å². The molecule has 2 saturated heterocycles. The minimum Gasteiger partial charge on any atom is -0.466 e. The Balaban J connectivity index is 1.91. The molecule has 114 valence electrons. The number of hydrogen-bond donors (Lipinski definition) is 0. The first-order valence-electron chi connectivity index (χ1n) is 7.82. The summed E-state index contributed by atoms with van der Waals surface area (Å²) in [5.41, 5.74) is 0. The average molecular weight is 282 g/mol. The lowest BCUT2D eigenvalue weighted by atomic mass is 9.98. The molecule has 0 aliphatic carbocycles. The molecule has 2 aliphatic rings. The summed E-state index contributed by atoms with van der Waals surface area (Å²) in [6, 6.07) is 0.102. The highest BCUT2D eigenvalue weighted by Gasteiger charge is 2.32. The summed E-state index contributed by atoms with van der Waals surface area (Å²) < 4.78 is 5.08. The number of amides is 2. The van der Waals surface area contributed by atoms with Gasteiger partial charge in [-0.05, 0) is 38.5 Å². The molecule has 0 aromatic heterocycles. The van der Waals surface area contributed by atoms with E-state index in [9.17, 15) is 9.59 Å². The van der Waals surface area contributed by atoms with Gasteiger partial charge in [0.1, 0.15) is 0 Å². The Kier molecular flexibility index (Phi) is 5.26. The third-order valence-electron chi connectivity index (χ3n) is 4.24. The van der Waals surface area contributed by atoms with Crippen LogP contribution in [0.4, 0.5) is 4.79 Å². The fourth-order valence-electron chi connectivity index (χ4n) is 3.17. The van der Waals surface area contributed by atoms with Crippen molar-refractivity contribution in [2.45, 2.75) is 39.5 Å². The molecule has 2 fully saturated rings. The van der Waals surface area contributed by atoms with E-state index in [2.05, 4.69) is 6.92 Å². The predicted octanol–water partition coefficient (Wildman–Crippen LogP) is 2.11. The van der Waals surface area contributed by atoms with Gasteiger partial charge in [0, 0.05) is 26.2 Å². The highest BCUT2D eigenvalue weighted by atomic mass is 16.5. The molecule has 0 saturated carbocycles. The fourth-order valence-corrected chi connectivity index (χ4v) is 3.17. The smallest absolute Gasteiger partial charge is 0.320 e. The van der Waals surface area contributed by atoms with Gasteiger partial charge in [-0.15, -0.1) is 0 Å². The summed E-state index contributed by atoms with van der Waals surface area (Å²) in [4.78, 5) is 28.1. The number of esters is 1. The molecule has 0 aromatic carbocycles. The van der Waals surface area contributed by atoms with Gasteiger partial charge >= 0.3 is 12.0 Å². The quantitative estimate of drug-likeness (QED) is 0.729. The average Bonchev–Trinajstić information content (AvgIpc) is 2.47. The monoisotopic (exact) mass is 282 g/mol. The first-order valence-corrected chi connectivity index (χ1v) is 7.82. The van der Waals surface area contributed by atoms with Crippen LogP contribution in [0, 0.1) is 11.8 Å². The maximum Gasteiger partial charge on any atom is 0.320 e. The second-order valence-electron chi connectivity index (χ2n) is 6.01. The zero-order valence-corrected chi connectivity index (χ0v) is 12.6. The molecule has 2 rings (SSSR count). The fraction of sp³-hybridized carbons (Fsp3) is 0.867. The summed E-state index contributed by atoms with van der Waals surface area (Å²) in [5, 5.41) is 0. The van der Waals surface area contributed by atoms with Crippen molar-refractivity contribution in [1.82, 2.24) is 9.80 Å². The maximum absolute atomic E-state index is 12.5. The molecule has 0 N–H and O–H groups in total. The van der Waals surface area contributed by atoms with Crippen LogP contribution in [-0.4, -0.2) is 54.6 Å². The van der Waals surface area contributed by atoms with Crippen molar-refractivity contribution in [2.75, 3.05) is 32.8 Å². The van der Waals surface area contributed by atoms with Crippen LogP contribution in [0.2, 0.25) is 0 Å². The van der Waals surface area contributed by atoms with E-state index < -0.39 is 0 Å². The third kappa shape index (κ3) is 3.64. The van der Waals surface area contributed by atoms with Gasteiger partial charge in [-0.25, -0.2) is 4.79 Å². The number of piperidine rings is 2. The van der Waals surface area contributed by atoms with Gasteiger partial charge in [-0.3, -0.25) is 4.79 Å². The molecule has 0 radical (unpaired) electrons. The number of carbonyl (C=O) groups is 2. The standard InChI is InChI=1S/C15H26N2O3/c1-3-20-14(18)13-7-5-9-17(11-13)15(19)16-8-4-6-12(2)10-16/h12-13H,3-11H2,1-2H3. The largest absolute Gasteiger partial charge is 0.466 e. The predicted molar refractivity (Wildman–Crippen MR) is 76.3 cm³/mol. The van der Waals surface area contributed by atoms with E-state index in [0.29, 0.717) is 19.1 Å². The molecule has 0 aromatic rings. The normalized spacial score (nSPS) is 27.3. The number of urea groups is 1. The van der Waals surface area contributed by atoms with E-state index in [4.69, 9.17) is 4.74 Å². The molecular weight excluding hydrogens is 256 g/mol. The van der Waals surface area contributed by atoms with Crippen LogP contribution in [0.3, 0.4) is 0 Å². The molecular formula is C15H26N2O3. The number of hydrogen-bond acceptors (Lipinski definition) is 3. The Morgan fingerprint density at radius 1 is 1.10 bits per heavy atom. The van der Waals surface area contributed by atoms with Gasteiger partial charge in [0.15, 0.2) is 0 Å². The zero-order chi connectivity index (χ0) is 14.5. The Morgan fingerprint density at radius 2 is 1.75 bits per heavy atom. The van der Waals surface area contributed by atoms with Crippen molar-refractivity contribution < 1.29 is 14.3 Å². The Hall–Kier alpha value is -1.26. The van der Waals surface area contributed by atoms with Gasteiger partial charge in [-0.2, -0.15) is 0 Å². The zero-order valence-electron chi connectivity index (χ0n) is 12.6. The minimum absolute atomic E-state index is 0.102. The summed E-state index contributed by atoms with van der Waals surface area (Å²) >= 11 is 0. The molecule has 5 heteroatoms. The molecule has 20 heavy (non-hydrogen) atoms. The molecule has 2 heterocycles. The van der Waals surface area contributed by atoms with Crippen LogP contribution in [0.15, 0.2) is 0 Å². The van der Waals surface area contributed by atoms with Gasteiger partial charge in [0.05, 0.1) is 12.5 Å². The number of carbonyl (C=O) groups excluding carboxylic acids is 2. The van der Waals surface area contributed by atoms with Crippen molar-refractivity contribution in [2.24, 2.45) is 11.8 Å². The van der Waals surface area contributed by atoms with E-state index >= 15 is 0 Å². The van der Waals surface area contributed by atoms with Crippen molar-refractivity contribution in [1.29, 1.82) is 0 Å². The van der Waals surface area contributed by atoms with Crippen LogP contribution in [-0.2, 0) is 9.53 Å². The molecule has 5 nitrogen and oxygen atoms in total. The topological polar surface area (TPSA) is 49.9 Å². The summed E-state index contributed by atoms with van der Waals surface area (Å²) in [7, 11) is 0. The first-order chi connectivity index (χ1) is 9.61. The lowest BCUT2D eigenvalue weighted by Gasteiger charge is -2.38. The van der Waals surface area contributed by atoms with E-state index in [1.165, 1.54) is 6.42 Å². The second-order valence-corrected chi connectivity index (χ2v) is 6.01. The van der Waals surface area contributed by atoms with Crippen molar-refractivity contribution in [3.8, 4) is 0 Å². The molecule has 0 bridgehead atoms. The Labute approximate surface area is 121 Å². The third-order valence-corrected chi connectivity index (χ3v) is 4.24. The lowest BCUT2D eigenvalue weighted by molar-refractivity contribution is -0.149. The van der Waals surface area contributed by atoms with Crippen LogP contribution >= 0.6 is 0 Å². The number of ether oxygens (including phenoxy) is 1. The number of likely N-dealkylation sites (tertiary alicyclic amines) is 2. The van der Waals surface area contributed by atoms with Gasteiger partial charge in [0.25, 0.3) is 0 Å². The van der Waals surface area contributed by atoms with Crippen molar-refractivity contribution >= 4 is 12.0 Å². The summed E-state index contributed by atoms with van der Waals surface area (Å²) in [5.74, 6) is 0.283. The Morgan fingerprint density at radius 3 is 2.40 bits per heavy atom. The summed E-state index contributed by atoms with van der Waals surface area (Å²) in [6.07, 6.45) is 4.01. The van der Waals surface area contributed by atoms with Crippen molar-refractivity contribution in [3.05, 3.63) is 0 Å². The van der Waals surface area contributed by atoms with Crippen molar-refractivity contribution in [3.63, 3.8) is 0 Å². The van der Waals surface area contributed by atoms with E-state index in [0.717, 1.165) is 38.9 Å².